The van der Waals surface area contributed by atoms with Crippen molar-refractivity contribution in [2.45, 2.75) is 187 Å². The average molecular weight is 1000 g/mol. The number of aryl methyl sites for hydroxylation is 1. The van der Waals surface area contributed by atoms with Crippen molar-refractivity contribution in [3.05, 3.63) is 160 Å². The van der Waals surface area contributed by atoms with Crippen LogP contribution in [-0.2, 0) is 37.9 Å². The fraction of sp³-hybridized carbons (Fsp3) is 0.408. The molecule has 3 heterocycles. The largest absolute Gasteiger partial charge is 0.375 e. The molecule has 1 aromatic heterocycles. The van der Waals surface area contributed by atoms with Crippen molar-refractivity contribution in [3.8, 4) is 22.3 Å². The molecule has 0 atom stereocenters. The van der Waals surface area contributed by atoms with Crippen LogP contribution in [0.25, 0.3) is 42.4 Å². The number of fused-ring (bicyclic) bond motifs is 11. The normalized spacial score (nSPS) is 20.0. The number of hydrogen-bond acceptors (Lipinski definition) is 3. The molecule has 75 heavy (non-hydrogen) atoms. The van der Waals surface area contributed by atoms with Gasteiger partial charge in [-0.2, -0.15) is 0 Å². The van der Waals surface area contributed by atoms with Crippen molar-refractivity contribution >= 4 is 77.7 Å². The lowest BCUT2D eigenvalue weighted by molar-refractivity contribution is 0.332. The second-order valence-corrected chi connectivity index (χ2v) is 30.1. The maximum Gasteiger partial charge on any atom is 0.333 e. The topological polar surface area (TPSA) is 6.48 Å². The molecule has 0 fully saturated rings. The molecule has 0 saturated carbocycles. The summed E-state index contributed by atoms with van der Waals surface area (Å²) in [6, 6.07) is 47.0. The second kappa shape index (κ2) is 15.8. The van der Waals surface area contributed by atoms with Crippen LogP contribution in [0.2, 0.25) is 0 Å². The van der Waals surface area contributed by atoms with Gasteiger partial charge in [-0.05, 0) is 198 Å². The van der Waals surface area contributed by atoms with Gasteiger partial charge < -0.3 is 9.71 Å². The monoisotopic (exact) mass is 1000 g/mol. The highest BCUT2D eigenvalue weighted by atomic mass is 32.1. The molecule has 0 unspecified atom stereocenters. The highest BCUT2D eigenvalue weighted by molar-refractivity contribution is 7.26. The van der Waals surface area contributed by atoms with Gasteiger partial charge in [0, 0.05) is 43.8 Å². The molecule has 2 nitrogen and oxygen atoms in total. The number of anilines is 5. The van der Waals surface area contributed by atoms with Crippen molar-refractivity contribution < 1.29 is 0 Å². The molecule has 0 radical (unpaired) electrons. The van der Waals surface area contributed by atoms with Gasteiger partial charge in [0.25, 0.3) is 0 Å². The summed E-state index contributed by atoms with van der Waals surface area (Å²) in [5.74, 6) is 0. The van der Waals surface area contributed by atoms with Crippen LogP contribution >= 0.6 is 11.3 Å². The minimum Gasteiger partial charge on any atom is -0.375 e. The van der Waals surface area contributed by atoms with Crippen molar-refractivity contribution in [1.82, 2.24) is 0 Å². The lowest BCUT2D eigenvalue weighted by Gasteiger charge is -2.48. The first-order valence-corrected chi connectivity index (χ1v) is 29.3. The standard InChI is InChI=1S/C71H79BN2S/c1-42-34-52-55(70(13,14)32-30-67(52,7)8)40-58(42)73-59-35-44(43-20-18-17-19-21-43)22-27-57(59)72-62-50(36-45(37-60(62)73)65(2,3)4)47-24-25-48-49-39-54-56(71(15,16)33-31-69(54,11)12)41-61(49)75-64(48)63(47)74(72)46-23-26-51-53(38-46)68(9,10)29-28-66(51,5)6/h17-27,34-41H,28-33H2,1-16H3. The maximum atomic E-state index is 2.85. The van der Waals surface area contributed by atoms with Crippen molar-refractivity contribution in [2.75, 3.05) is 9.71 Å². The fourth-order valence-corrected chi connectivity index (χ4v) is 16.1. The molecule has 13 rings (SSSR count). The Morgan fingerprint density at radius 2 is 1.04 bits per heavy atom. The molecule has 5 aliphatic rings. The van der Waals surface area contributed by atoms with Crippen LogP contribution in [0, 0.1) is 6.92 Å². The van der Waals surface area contributed by atoms with E-state index in [0.29, 0.717) is 0 Å². The molecular formula is C71H79BN2S. The maximum absolute atomic E-state index is 2.85. The van der Waals surface area contributed by atoms with Crippen LogP contribution in [-0.4, -0.2) is 6.85 Å². The Labute approximate surface area is 454 Å². The smallest absolute Gasteiger partial charge is 0.333 e. The molecule has 2 aliphatic heterocycles. The number of benzene rings is 7. The van der Waals surface area contributed by atoms with Gasteiger partial charge in [0.2, 0.25) is 0 Å². The molecule has 0 bridgehead atoms. The third kappa shape index (κ3) is 7.22. The minimum atomic E-state index is -0.107. The van der Waals surface area contributed by atoms with Crippen molar-refractivity contribution in [3.63, 3.8) is 0 Å². The third-order valence-corrected chi connectivity index (χ3v) is 21.3. The van der Waals surface area contributed by atoms with E-state index in [9.17, 15) is 0 Å². The van der Waals surface area contributed by atoms with E-state index in [1.807, 2.05) is 11.3 Å². The van der Waals surface area contributed by atoms with Crippen LogP contribution in [0.1, 0.15) is 187 Å². The van der Waals surface area contributed by atoms with Gasteiger partial charge in [-0.3, -0.25) is 0 Å². The Kier molecular flexibility index (Phi) is 10.3. The first kappa shape index (κ1) is 49.0. The number of thiophene rings is 1. The zero-order valence-electron chi connectivity index (χ0n) is 48.1. The summed E-state index contributed by atoms with van der Waals surface area (Å²) in [7, 11) is 0. The summed E-state index contributed by atoms with van der Waals surface area (Å²) in [6.07, 6.45) is 7.14. The van der Waals surface area contributed by atoms with E-state index in [2.05, 4.69) is 236 Å². The van der Waals surface area contributed by atoms with E-state index in [1.54, 1.807) is 0 Å². The van der Waals surface area contributed by atoms with Crippen LogP contribution in [0.5, 0.6) is 0 Å². The van der Waals surface area contributed by atoms with Crippen molar-refractivity contribution in [1.29, 1.82) is 0 Å². The van der Waals surface area contributed by atoms with Crippen molar-refractivity contribution in [2.24, 2.45) is 0 Å². The number of rotatable bonds is 3. The highest BCUT2D eigenvalue weighted by Gasteiger charge is 2.49. The zero-order valence-corrected chi connectivity index (χ0v) is 48.9. The zero-order chi connectivity index (χ0) is 52.9. The van der Waals surface area contributed by atoms with Gasteiger partial charge >= 0.3 is 6.85 Å². The lowest BCUT2D eigenvalue weighted by Crippen LogP contribution is -2.61. The first-order valence-electron chi connectivity index (χ1n) is 28.5. The van der Waals surface area contributed by atoms with Crippen LogP contribution in [0.4, 0.5) is 28.4 Å². The predicted molar refractivity (Wildman–Crippen MR) is 328 cm³/mol. The van der Waals surface area contributed by atoms with E-state index in [1.165, 1.54) is 165 Å². The summed E-state index contributed by atoms with van der Waals surface area (Å²) in [4.78, 5) is 5.58. The van der Waals surface area contributed by atoms with E-state index in [0.717, 1.165) is 0 Å². The van der Waals surface area contributed by atoms with Crippen LogP contribution < -0.4 is 20.6 Å². The summed E-state index contributed by atoms with van der Waals surface area (Å²) in [5.41, 5.74) is 26.7. The molecule has 8 aromatic rings. The van der Waals surface area contributed by atoms with Gasteiger partial charge in [0.05, 0.1) is 10.4 Å². The summed E-state index contributed by atoms with van der Waals surface area (Å²) in [5, 5.41) is 2.78. The van der Waals surface area contributed by atoms with E-state index < -0.39 is 0 Å². The Morgan fingerprint density at radius 1 is 0.467 bits per heavy atom. The van der Waals surface area contributed by atoms with Gasteiger partial charge in [-0.25, -0.2) is 0 Å². The molecule has 7 aromatic carbocycles. The van der Waals surface area contributed by atoms with Gasteiger partial charge in [0.1, 0.15) is 0 Å². The highest BCUT2D eigenvalue weighted by Crippen LogP contribution is 2.57. The summed E-state index contributed by atoms with van der Waals surface area (Å²) in [6.45, 7) is 39.3. The molecule has 0 N–H and O–H groups in total. The Balaban J connectivity index is 1.18. The predicted octanol–water partition coefficient (Wildman–Crippen LogP) is 19.1. The number of hydrogen-bond donors (Lipinski definition) is 0. The average Bonchev–Trinajstić information content (AvgIpc) is 3.73. The molecule has 4 heteroatoms. The fourth-order valence-electron chi connectivity index (χ4n) is 14.8. The quantitative estimate of drug-likeness (QED) is 0.163. The number of nitrogens with zero attached hydrogens (tertiary/aromatic N) is 2. The molecule has 3 aliphatic carbocycles. The van der Waals surface area contributed by atoms with E-state index >= 15 is 0 Å². The minimum absolute atomic E-state index is 0.0463. The summed E-state index contributed by atoms with van der Waals surface area (Å²) < 4.78 is 2.80. The first-order chi connectivity index (χ1) is 35.2. The molecule has 0 amide bonds. The van der Waals surface area contributed by atoms with E-state index in [4.69, 9.17) is 0 Å². The summed E-state index contributed by atoms with van der Waals surface area (Å²) >= 11 is 2.04. The van der Waals surface area contributed by atoms with Crippen LogP contribution in [0.3, 0.4) is 0 Å². The Morgan fingerprint density at radius 3 is 1.67 bits per heavy atom. The molecular weight excluding hydrogens is 924 g/mol. The Hall–Kier alpha value is -5.58. The SMILES string of the molecule is Cc1cc2c(cc1N1c3cc(-c4ccccc4)ccc3B3c4c(cc(C(C)(C)C)cc41)-c1ccc4c(sc5cc6c(cc54)C(C)(C)CCC6(C)C)c1N3c1ccc3c(c1)C(C)(C)CCC3(C)C)C(C)(C)CCC2(C)C. The van der Waals surface area contributed by atoms with Gasteiger partial charge in [-0.1, -0.05) is 177 Å². The Bertz CT molecular complexity index is 3740. The molecule has 382 valence electrons. The van der Waals surface area contributed by atoms with E-state index in [-0.39, 0.29) is 44.8 Å². The van der Waals surface area contributed by atoms with Gasteiger partial charge in [-0.15, -0.1) is 11.3 Å². The van der Waals surface area contributed by atoms with Gasteiger partial charge in [0.15, 0.2) is 0 Å². The third-order valence-electron chi connectivity index (χ3n) is 20.1. The molecule has 0 spiro atoms. The molecule has 0 saturated heterocycles. The van der Waals surface area contributed by atoms with Crippen LogP contribution in [0.15, 0.2) is 115 Å². The lowest BCUT2D eigenvalue weighted by atomic mass is 9.43. The second-order valence-electron chi connectivity index (χ2n) is 29.0.